The number of piperidine rings is 1. The summed E-state index contributed by atoms with van der Waals surface area (Å²) in [6, 6.07) is 17.7. The summed E-state index contributed by atoms with van der Waals surface area (Å²) in [5.41, 5.74) is 9.99. The fourth-order valence-corrected chi connectivity index (χ4v) is 5.77. The fraction of sp³-hybridized carbons (Fsp3) is 0.324. The first-order valence-electron chi connectivity index (χ1n) is 15.4. The molecule has 12 heteroatoms. The van der Waals surface area contributed by atoms with Gasteiger partial charge in [0.1, 0.15) is 17.4 Å². The molecular weight excluding hydrogens is 584 g/mol. The van der Waals surface area contributed by atoms with Gasteiger partial charge in [-0.15, -0.1) is 0 Å². The lowest BCUT2D eigenvalue weighted by atomic mass is 9.79. The summed E-state index contributed by atoms with van der Waals surface area (Å²) in [4.78, 5) is 47.6. The summed E-state index contributed by atoms with van der Waals surface area (Å²) >= 11 is 0. The number of ether oxygens (including phenoxy) is 1. The van der Waals surface area contributed by atoms with Gasteiger partial charge in [0.2, 0.25) is 5.91 Å². The van der Waals surface area contributed by atoms with E-state index in [1.54, 1.807) is 24.2 Å². The first-order chi connectivity index (χ1) is 22.3. The number of amides is 3. The second-order valence-corrected chi connectivity index (χ2v) is 11.3. The summed E-state index contributed by atoms with van der Waals surface area (Å²) in [6.07, 6.45) is 3.15. The largest absolute Gasteiger partial charge is 0.404 e. The van der Waals surface area contributed by atoms with Crippen LogP contribution in [-0.2, 0) is 27.9 Å². The molecule has 2 fully saturated rings. The molecule has 12 nitrogen and oxygen atoms in total. The lowest BCUT2D eigenvalue weighted by molar-refractivity contribution is -0.360. The van der Waals surface area contributed by atoms with Gasteiger partial charge in [-0.05, 0) is 36.2 Å². The van der Waals surface area contributed by atoms with E-state index in [4.69, 9.17) is 10.5 Å². The predicted molar refractivity (Wildman–Crippen MR) is 174 cm³/mol. The molecule has 0 radical (unpaired) electrons. The molecule has 2 aromatic carbocycles. The van der Waals surface area contributed by atoms with Crippen molar-refractivity contribution in [1.29, 1.82) is 0 Å². The minimum Gasteiger partial charge on any atom is -0.404 e. The Kier molecular flexibility index (Phi) is 10.4. The lowest BCUT2D eigenvalue weighted by Crippen LogP contribution is -2.75. The third-order valence-electron chi connectivity index (χ3n) is 8.11. The average Bonchev–Trinajstić information content (AvgIpc) is 3.52. The van der Waals surface area contributed by atoms with Crippen LogP contribution in [-0.4, -0.2) is 88.6 Å². The maximum absolute atomic E-state index is 14.2. The van der Waals surface area contributed by atoms with Crippen molar-refractivity contribution in [2.45, 2.75) is 25.4 Å². The number of rotatable bonds is 10. The van der Waals surface area contributed by atoms with E-state index >= 15 is 0 Å². The number of benzene rings is 2. The number of carbonyl (C=O) groups is 3. The highest BCUT2D eigenvalue weighted by Crippen LogP contribution is 2.34. The Morgan fingerprint density at radius 3 is 2.57 bits per heavy atom. The van der Waals surface area contributed by atoms with Crippen molar-refractivity contribution in [1.82, 2.24) is 30.2 Å². The highest BCUT2D eigenvalue weighted by molar-refractivity contribution is 6.12. The van der Waals surface area contributed by atoms with Crippen LogP contribution in [0.15, 0.2) is 90.8 Å². The zero-order valence-corrected chi connectivity index (χ0v) is 26.2. The Hall–Kier alpha value is -5.07. The number of likely N-dealkylation sites (N-methyl/N-ethyl adjacent to an activating group) is 1. The first kappa shape index (κ1) is 32.3. The number of amidine groups is 1. The van der Waals surface area contributed by atoms with Crippen molar-refractivity contribution in [3.63, 3.8) is 0 Å². The van der Waals surface area contributed by atoms with Crippen LogP contribution < -0.4 is 21.4 Å². The Morgan fingerprint density at radius 1 is 1.13 bits per heavy atom. The number of hydrogen-bond acceptors (Lipinski definition) is 7. The van der Waals surface area contributed by atoms with Crippen LogP contribution in [0.25, 0.3) is 0 Å². The number of morpholine rings is 1. The Labute approximate surface area is 268 Å². The van der Waals surface area contributed by atoms with Crippen molar-refractivity contribution < 1.29 is 24.1 Å². The third-order valence-corrected chi connectivity index (χ3v) is 8.11. The van der Waals surface area contributed by atoms with Crippen LogP contribution in [0.4, 0.5) is 5.69 Å². The van der Waals surface area contributed by atoms with Gasteiger partial charge in [-0.25, -0.2) is 9.79 Å². The van der Waals surface area contributed by atoms with Gasteiger partial charge >= 0.3 is 5.91 Å². The van der Waals surface area contributed by atoms with E-state index in [1.807, 2.05) is 61.5 Å². The normalized spacial score (nSPS) is 20.6. The smallest absolute Gasteiger partial charge is 0.333 e. The quantitative estimate of drug-likeness (QED) is 0.237. The number of carbonyl (C=O) groups excluding carboxylic acids is 3. The monoisotopic (exact) mass is 625 g/mol. The molecule has 3 aromatic rings. The number of likely N-dealkylation sites (tertiary alicyclic amines) is 1. The minimum absolute atomic E-state index is 0.196. The van der Waals surface area contributed by atoms with Crippen molar-refractivity contribution in [3.8, 4) is 0 Å². The Morgan fingerprint density at radius 2 is 1.89 bits per heavy atom. The van der Waals surface area contributed by atoms with Crippen molar-refractivity contribution in [2.24, 2.45) is 12.8 Å². The van der Waals surface area contributed by atoms with Crippen LogP contribution in [0.3, 0.4) is 0 Å². The van der Waals surface area contributed by atoms with E-state index in [2.05, 4.69) is 32.2 Å². The van der Waals surface area contributed by atoms with E-state index in [9.17, 15) is 14.4 Å². The van der Waals surface area contributed by atoms with Gasteiger partial charge in [-0.3, -0.25) is 19.2 Å². The average molecular weight is 626 g/mol. The van der Waals surface area contributed by atoms with Gasteiger partial charge in [-0.2, -0.15) is 10.00 Å². The fourth-order valence-electron chi connectivity index (χ4n) is 5.77. The molecule has 240 valence electrons. The van der Waals surface area contributed by atoms with E-state index in [-0.39, 0.29) is 24.1 Å². The summed E-state index contributed by atoms with van der Waals surface area (Å²) in [5.74, 6) is -1.11. The molecule has 2 atom stereocenters. The van der Waals surface area contributed by atoms with Crippen LogP contribution in [0.2, 0.25) is 0 Å². The molecule has 2 saturated heterocycles. The number of aryl methyl sites for hydroxylation is 1. The standard InChI is InChI=1S/C34H40N8O4/c1-4-42-31(37-26-11-6-5-7-12-26)27(20-35)29(30(34(42)45)38-33(44)28-13-14-40(3)39-28)25-10-8-9-24(19-25)21-36-32(43)23(2)22-41-15-17-46-18-16-41/h5-14,19-20,29-30H,2,4,15-18,21-22,35H2,1,3H3,(H,36,43)(H,38,44)/p+1/b27-20-,37-31?/t29-,30+/m1/s1. The molecule has 0 unspecified atom stereocenters. The van der Waals surface area contributed by atoms with Gasteiger partial charge in [0.15, 0.2) is 0 Å². The molecule has 46 heavy (non-hydrogen) atoms. The number of aromatic nitrogens is 2. The number of nitrogens with one attached hydrogen (secondary N) is 3. The molecular formula is C34H41N8O4+. The number of nitrogens with zero attached hydrogens (tertiary/aromatic N) is 4. The van der Waals surface area contributed by atoms with Crippen molar-refractivity contribution in [2.75, 3.05) is 39.4 Å². The minimum atomic E-state index is -0.983. The number of hydrogen-bond donors (Lipinski definition) is 4. The maximum atomic E-state index is 14.2. The van der Waals surface area contributed by atoms with Crippen LogP contribution in [0.5, 0.6) is 0 Å². The molecule has 3 heterocycles. The van der Waals surface area contributed by atoms with Gasteiger partial charge in [-0.1, -0.05) is 49.0 Å². The summed E-state index contributed by atoms with van der Waals surface area (Å²) in [5, 5.41) is 10.1. The lowest BCUT2D eigenvalue weighted by Gasteiger charge is -2.35. The van der Waals surface area contributed by atoms with Gasteiger partial charge < -0.3 is 21.1 Å². The van der Waals surface area contributed by atoms with Crippen molar-refractivity contribution in [3.05, 3.63) is 108 Å². The SMILES string of the molecule is C=C(CN1CCOCC1)C(=O)NCc1cccc([C@@H]2/C(=C/N)C(=[NH+]c3ccccc3)N(CC)C(=O)[C@H]2NC(=O)c2ccn(C)n2)c1. The molecule has 2 aliphatic rings. The molecule has 0 bridgehead atoms. The van der Waals surface area contributed by atoms with E-state index in [1.165, 1.54) is 10.9 Å². The van der Waals surface area contributed by atoms with Crippen LogP contribution in [0.1, 0.15) is 34.5 Å². The summed E-state index contributed by atoms with van der Waals surface area (Å²) in [7, 11) is 1.72. The molecule has 2 aliphatic heterocycles. The molecule has 0 saturated carbocycles. The van der Waals surface area contributed by atoms with Crippen molar-refractivity contribution >= 4 is 29.2 Å². The highest BCUT2D eigenvalue weighted by Gasteiger charge is 2.49. The topological polar surface area (TPSA) is 149 Å². The van der Waals surface area contributed by atoms with Crippen LogP contribution in [0, 0.1) is 0 Å². The molecule has 0 spiro atoms. The number of para-hydroxylation sites is 1. The first-order valence-corrected chi connectivity index (χ1v) is 15.4. The number of nitrogens with two attached hydrogens (primary N) is 1. The Balaban J connectivity index is 1.45. The second kappa shape index (κ2) is 14.8. The van der Waals surface area contributed by atoms with Gasteiger partial charge in [0.25, 0.3) is 11.7 Å². The Bertz CT molecular complexity index is 1640. The predicted octanol–water partition coefficient (Wildman–Crippen LogP) is 0.322. The molecule has 5 rings (SSSR count). The zero-order chi connectivity index (χ0) is 32.6. The molecule has 3 amide bonds. The highest BCUT2D eigenvalue weighted by atomic mass is 16.5. The zero-order valence-electron chi connectivity index (χ0n) is 26.2. The second-order valence-electron chi connectivity index (χ2n) is 11.3. The molecule has 5 N–H and O–H groups in total. The van der Waals surface area contributed by atoms with E-state index < -0.39 is 17.9 Å². The maximum Gasteiger partial charge on any atom is 0.333 e. The third kappa shape index (κ3) is 7.41. The van der Waals surface area contributed by atoms with Gasteiger partial charge in [0.05, 0.1) is 31.2 Å². The summed E-state index contributed by atoms with van der Waals surface area (Å²) in [6.45, 7) is 9.73. The van der Waals surface area contributed by atoms with E-state index in [0.29, 0.717) is 43.3 Å². The summed E-state index contributed by atoms with van der Waals surface area (Å²) < 4.78 is 6.92. The van der Waals surface area contributed by atoms with Gasteiger partial charge in [0, 0.05) is 51.2 Å². The molecule has 0 aliphatic carbocycles. The van der Waals surface area contributed by atoms with Crippen LogP contribution >= 0.6 is 0 Å². The molecule has 1 aromatic heterocycles. The van der Waals surface area contributed by atoms with E-state index in [0.717, 1.165) is 29.9 Å².